The Morgan fingerprint density at radius 1 is 1.19 bits per heavy atom. The molecule has 0 bridgehead atoms. The number of thioether (sulfide) groups is 1. The Morgan fingerprint density at radius 2 is 1.96 bits per heavy atom. The van der Waals surface area contributed by atoms with Crippen molar-refractivity contribution in [3.63, 3.8) is 0 Å². The SMILES string of the molecule is CCCCSC1=NN2C(=c3ccccc3=N[C@H]2c2ccccc2F)C(=O)N1. The van der Waals surface area contributed by atoms with E-state index in [2.05, 4.69) is 17.3 Å². The number of rotatable bonds is 4. The average Bonchev–Trinajstić information content (AvgIpc) is 2.68. The third-order valence-electron chi connectivity index (χ3n) is 4.44. The van der Waals surface area contributed by atoms with Crippen molar-refractivity contribution in [2.75, 3.05) is 5.75 Å². The molecule has 0 radical (unpaired) electrons. The van der Waals surface area contributed by atoms with Gasteiger partial charge in [0.05, 0.1) is 5.36 Å². The number of hydrogen-bond acceptors (Lipinski definition) is 5. The Balaban J connectivity index is 1.86. The number of carbonyl (C=O) groups is 1. The molecule has 1 N–H and O–H groups in total. The lowest BCUT2D eigenvalue weighted by molar-refractivity contribution is -0.116. The summed E-state index contributed by atoms with van der Waals surface area (Å²) >= 11 is 1.49. The summed E-state index contributed by atoms with van der Waals surface area (Å²) in [6, 6.07) is 13.9. The van der Waals surface area contributed by atoms with Gasteiger partial charge in [0, 0.05) is 16.5 Å². The van der Waals surface area contributed by atoms with Gasteiger partial charge in [0.1, 0.15) is 11.5 Å². The highest BCUT2D eigenvalue weighted by Gasteiger charge is 2.35. The first-order chi connectivity index (χ1) is 13.2. The van der Waals surface area contributed by atoms with E-state index in [4.69, 9.17) is 4.99 Å². The van der Waals surface area contributed by atoms with Gasteiger partial charge in [-0.25, -0.2) is 9.40 Å². The van der Waals surface area contributed by atoms with Crippen LogP contribution in [0.15, 0.2) is 58.6 Å². The Bertz CT molecular complexity index is 1040. The summed E-state index contributed by atoms with van der Waals surface area (Å²) in [7, 11) is 0. The minimum atomic E-state index is -0.719. The molecule has 0 fully saturated rings. The minimum Gasteiger partial charge on any atom is -0.298 e. The second-order valence-corrected chi connectivity index (χ2v) is 7.38. The van der Waals surface area contributed by atoms with E-state index >= 15 is 0 Å². The second-order valence-electron chi connectivity index (χ2n) is 6.30. The number of hydrogen-bond donors (Lipinski definition) is 1. The monoisotopic (exact) mass is 382 g/mol. The molecule has 0 unspecified atom stereocenters. The summed E-state index contributed by atoms with van der Waals surface area (Å²) in [5, 5.41) is 10.9. The molecule has 1 atom stereocenters. The van der Waals surface area contributed by atoms with E-state index in [0.717, 1.165) is 18.6 Å². The van der Waals surface area contributed by atoms with E-state index in [1.54, 1.807) is 23.2 Å². The number of benzene rings is 2. The maximum Gasteiger partial charge on any atom is 0.276 e. The van der Waals surface area contributed by atoms with Gasteiger partial charge >= 0.3 is 0 Å². The zero-order chi connectivity index (χ0) is 18.8. The predicted molar refractivity (Wildman–Crippen MR) is 105 cm³/mol. The first kappa shape index (κ1) is 17.7. The van der Waals surface area contributed by atoms with Crippen molar-refractivity contribution in [2.24, 2.45) is 10.1 Å². The fraction of sp³-hybridized carbons (Fsp3) is 0.250. The zero-order valence-electron chi connectivity index (χ0n) is 14.9. The first-order valence-electron chi connectivity index (χ1n) is 8.92. The lowest BCUT2D eigenvalue weighted by Crippen LogP contribution is -2.50. The molecule has 138 valence electrons. The summed E-state index contributed by atoms with van der Waals surface area (Å²) in [6.45, 7) is 2.11. The smallest absolute Gasteiger partial charge is 0.276 e. The molecule has 0 saturated heterocycles. The molecule has 1 amide bonds. The molecule has 4 rings (SSSR count). The lowest BCUT2D eigenvalue weighted by Gasteiger charge is -2.34. The van der Waals surface area contributed by atoms with Crippen molar-refractivity contribution in [1.29, 1.82) is 0 Å². The van der Waals surface area contributed by atoms with E-state index in [9.17, 15) is 9.18 Å². The number of unbranched alkanes of at least 4 members (excludes halogenated alkanes) is 1. The summed E-state index contributed by atoms with van der Waals surface area (Å²) in [4.78, 5) is 17.6. The maximum atomic E-state index is 14.5. The van der Waals surface area contributed by atoms with Gasteiger partial charge in [-0.3, -0.25) is 15.1 Å². The molecule has 7 heteroatoms. The van der Waals surface area contributed by atoms with Crippen LogP contribution in [0.5, 0.6) is 0 Å². The number of nitrogens with one attached hydrogen (secondary N) is 1. The van der Waals surface area contributed by atoms with Gasteiger partial charge in [-0.1, -0.05) is 61.5 Å². The van der Waals surface area contributed by atoms with Crippen molar-refractivity contribution in [3.8, 4) is 0 Å². The maximum absolute atomic E-state index is 14.5. The number of carbonyl (C=O) groups excluding carboxylic acids is 1. The van der Waals surface area contributed by atoms with Crippen molar-refractivity contribution in [2.45, 2.75) is 25.9 Å². The lowest BCUT2D eigenvalue weighted by atomic mass is 10.1. The number of para-hydroxylation sites is 1. The number of amidine groups is 1. The molecule has 2 heterocycles. The predicted octanol–water partition coefficient (Wildman–Crippen LogP) is 2.50. The van der Waals surface area contributed by atoms with Crippen LogP contribution in [0.25, 0.3) is 5.70 Å². The number of halogens is 1. The summed E-state index contributed by atoms with van der Waals surface area (Å²) in [5.74, 6) is 0.246. The van der Waals surface area contributed by atoms with Crippen LogP contribution < -0.4 is 15.9 Å². The quantitative estimate of drug-likeness (QED) is 0.827. The average molecular weight is 382 g/mol. The number of nitrogens with zero attached hydrogens (tertiary/aromatic N) is 3. The van der Waals surface area contributed by atoms with Gasteiger partial charge < -0.3 is 0 Å². The van der Waals surface area contributed by atoms with Crippen LogP contribution in [0.1, 0.15) is 31.5 Å². The van der Waals surface area contributed by atoms with Gasteiger partial charge in [-0.2, -0.15) is 0 Å². The Hall–Kier alpha value is -2.67. The van der Waals surface area contributed by atoms with Crippen LogP contribution in [0.2, 0.25) is 0 Å². The highest BCUT2D eigenvalue weighted by Crippen LogP contribution is 2.31. The molecule has 2 aromatic carbocycles. The number of fused-ring (bicyclic) bond motifs is 2. The summed E-state index contributed by atoms with van der Waals surface area (Å²) in [5.41, 5.74) is 0.787. The minimum absolute atomic E-state index is 0.243. The largest absolute Gasteiger partial charge is 0.298 e. The fourth-order valence-corrected chi connectivity index (χ4v) is 4.03. The fourth-order valence-electron chi connectivity index (χ4n) is 3.09. The normalized spacial score (nSPS) is 18.2. The zero-order valence-corrected chi connectivity index (χ0v) is 15.7. The molecule has 2 aliphatic rings. The molecule has 0 aromatic heterocycles. The van der Waals surface area contributed by atoms with Crippen LogP contribution in [-0.2, 0) is 4.79 Å². The van der Waals surface area contributed by atoms with Crippen LogP contribution in [0, 0.1) is 5.82 Å². The van der Waals surface area contributed by atoms with Gasteiger partial charge in [0.15, 0.2) is 11.3 Å². The third-order valence-corrected chi connectivity index (χ3v) is 5.39. The van der Waals surface area contributed by atoms with E-state index in [-0.39, 0.29) is 11.7 Å². The topological polar surface area (TPSA) is 57.1 Å². The molecule has 0 aliphatic carbocycles. The van der Waals surface area contributed by atoms with Crippen LogP contribution in [0.3, 0.4) is 0 Å². The second kappa shape index (κ2) is 7.52. The van der Waals surface area contributed by atoms with E-state index in [1.165, 1.54) is 17.8 Å². The summed E-state index contributed by atoms with van der Waals surface area (Å²) < 4.78 is 14.5. The highest BCUT2D eigenvalue weighted by molar-refractivity contribution is 8.13. The Kier molecular flexibility index (Phi) is 4.94. The van der Waals surface area contributed by atoms with Gasteiger partial charge in [-0.15, -0.1) is 5.10 Å². The molecule has 0 saturated carbocycles. The molecular weight excluding hydrogens is 363 g/mol. The third kappa shape index (κ3) is 3.35. The number of amides is 1. The Morgan fingerprint density at radius 3 is 2.78 bits per heavy atom. The highest BCUT2D eigenvalue weighted by atomic mass is 32.2. The van der Waals surface area contributed by atoms with Crippen molar-refractivity contribution in [1.82, 2.24) is 10.3 Å². The molecule has 2 aromatic rings. The van der Waals surface area contributed by atoms with Gasteiger partial charge in [-0.05, 0) is 18.6 Å². The van der Waals surface area contributed by atoms with Crippen molar-refractivity contribution >= 4 is 28.5 Å². The molecular formula is C20H19FN4OS. The van der Waals surface area contributed by atoms with Crippen LogP contribution in [0.4, 0.5) is 4.39 Å². The van der Waals surface area contributed by atoms with Crippen LogP contribution in [-0.4, -0.2) is 21.8 Å². The van der Waals surface area contributed by atoms with Crippen molar-refractivity contribution in [3.05, 3.63) is 70.5 Å². The van der Waals surface area contributed by atoms with Crippen molar-refractivity contribution < 1.29 is 9.18 Å². The molecule has 0 spiro atoms. The number of hydrazone groups is 1. The standard InChI is InChI=1S/C20H19FN4OS/c1-2-3-12-27-20-23-19(26)17-14-9-5-7-11-16(14)22-18(25(17)24-20)13-8-4-6-10-15(13)21/h4-11,18H,2-3,12H2,1H3,(H,23,24,26)/t18-/m1/s1. The van der Waals surface area contributed by atoms with E-state index in [0.29, 0.717) is 27.0 Å². The summed E-state index contributed by atoms with van der Waals surface area (Å²) in [6.07, 6.45) is 1.37. The molecule has 2 aliphatic heterocycles. The van der Waals surface area contributed by atoms with Gasteiger partial charge in [0.25, 0.3) is 5.91 Å². The van der Waals surface area contributed by atoms with Gasteiger partial charge in [0.2, 0.25) is 0 Å². The molecule has 5 nitrogen and oxygen atoms in total. The first-order valence-corrected chi connectivity index (χ1v) is 9.91. The van der Waals surface area contributed by atoms with E-state index in [1.807, 2.05) is 24.3 Å². The Labute approximate surface area is 160 Å². The molecule has 27 heavy (non-hydrogen) atoms. The van der Waals surface area contributed by atoms with Crippen LogP contribution >= 0.6 is 11.8 Å². The van der Waals surface area contributed by atoms with E-state index < -0.39 is 6.17 Å².